The van der Waals surface area contributed by atoms with Crippen LogP contribution in [-0.2, 0) is 9.59 Å². The van der Waals surface area contributed by atoms with Gasteiger partial charge in [0.2, 0.25) is 0 Å². The van der Waals surface area contributed by atoms with Gasteiger partial charge in [0.1, 0.15) is 0 Å². The van der Waals surface area contributed by atoms with Crippen molar-refractivity contribution in [3.8, 4) is 0 Å². The molecule has 1 aliphatic rings. The molecular weight excluding hydrogens is 188 g/mol. The number of rotatable bonds is 0. The highest BCUT2D eigenvalue weighted by Crippen LogP contribution is 1.90. The van der Waals surface area contributed by atoms with E-state index >= 15 is 0 Å². The smallest absolute Gasteiger partial charge is 0.178 e. The first-order chi connectivity index (χ1) is 6.62. The first-order valence-corrected chi connectivity index (χ1v) is 3.05. The van der Waals surface area contributed by atoms with Crippen LogP contribution < -0.4 is 0 Å². The van der Waals surface area contributed by atoms with Gasteiger partial charge in [-0.25, -0.2) is 0 Å². The van der Waals surface area contributed by atoms with Crippen LogP contribution in [0.5, 0.6) is 0 Å². The molecule has 0 saturated heterocycles. The van der Waals surface area contributed by atoms with Crippen molar-refractivity contribution in [3.05, 3.63) is 50.7 Å². The van der Waals surface area contributed by atoms with Gasteiger partial charge in [-0.1, -0.05) is 0 Å². The summed E-state index contributed by atoms with van der Waals surface area (Å²) in [6.07, 6.45) is 5.01. The number of hydrogen-bond donors (Lipinski definition) is 1. The Morgan fingerprint density at radius 2 is 1.07 bits per heavy atom. The predicted molar refractivity (Wildman–Crippen MR) is 47.8 cm³/mol. The van der Waals surface area contributed by atoms with Crippen molar-refractivity contribution in [2.24, 2.45) is 0 Å². The summed E-state index contributed by atoms with van der Waals surface area (Å²) in [4.78, 5) is 23.8. The van der Waals surface area contributed by atoms with Crippen molar-refractivity contribution in [1.82, 2.24) is 0 Å². The number of carbonyl (C=O) groups excluding carboxylic acids is 2. The number of nitrogens with one attached hydrogen (secondary N) is 1. The average molecular weight is 193 g/mol. The summed E-state index contributed by atoms with van der Waals surface area (Å²) >= 11 is 0. The van der Waals surface area contributed by atoms with Gasteiger partial charge >= 0.3 is 0 Å². The van der Waals surface area contributed by atoms with Gasteiger partial charge in [0.15, 0.2) is 11.6 Å². The fraction of sp³-hybridized carbons (Fsp3) is 0. The largest absolute Gasteiger partial charge is 0.373 e. The Kier molecular flexibility index (Phi) is 10.4. The summed E-state index contributed by atoms with van der Waals surface area (Å²) in [7, 11) is 0. The molecule has 0 fully saturated rings. The Morgan fingerprint density at radius 1 is 0.929 bits per heavy atom. The van der Waals surface area contributed by atoms with E-state index in [2.05, 4.69) is 0 Å². The third-order valence-corrected chi connectivity index (χ3v) is 0.824. The number of nitrogens with zero attached hydrogens (tertiary/aromatic N) is 5. The van der Waals surface area contributed by atoms with Crippen LogP contribution >= 0.6 is 0 Å². The number of hydrogen-bond acceptors (Lipinski definition) is 3. The second-order valence-corrected chi connectivity index (χ2v) is 1.66. The topological polar surface area (TPSA) is 153 Å². The molecule has 1 aliphatic carbocycles. The summed E-state index contributed by atoms with van der Waals surface area (Å²) in [5, 5.41) is 0. The molecule has 0 aromatic rings. The first-order valence-electron chi connectivity index (χ1n) is 3.05. The lowest BCUT2D eigenvalue weighted by Crippen LogP contribution is -1.97. The molecule has 0 unspecified atom stereocenters. The van der Waals surface area contributed by atoms with Crippen LogP contribution in [0.3, 0.4) is 0 Å². The summed E-state index contributed by atoms with van der Waals surface area (Å²) in [5.41, 5.74) is 25.8. The van der Waals surface area contributed by atoms with Gasteiger partial charge in [-0.2, -0.15) is 0 Å². The maximum Gasteiger partial charge on any atom is 0.178 e. The van der Waals surface area contributed by atoms with Crippen molar-refractivity contribution >= 4 is 11.6 Å². The number of ketones is 2. The molecule has 0 aromatic heterocycles. The van der Waals surface area contributed by atoms with Crippen LogP contribution in [0.15, 0.2) is 24.3 Å². The minimum absolute atomic E-state index is 0.121. The molecule has 8 heteroatoms. The molecule has 0 bridgehead atoms. The lowest BCUT2D eigenvalue weighted by Gasteiger charge is -1.87. The SMILES string of the molecule is O=C1C=CC(=O)C=C1.[N-]=[N+]=N.[N-]=[N+]=[N-]. The second-order valence-electron chi connectivity index (χ2n) is 1.66. The number of allylic oxidation sites excluding steroid dienone is 4. The highest BCUT2D eigenvalue weighted by atomic mass is 16.1. The van der Waals surface area contributed by atoms with Gasteiger partial charge in [-0.3, -0.25) is 14.5 Å². The normalized spacial score (nSPS) is 11.1. The Labute approximate surface area is 78.4 Å². The number of carbonyl (C=O) groups is 2. The van der Waals surface area contributed by atoms with Gasteiger partial charge in [0.05, 0.1) is 0 Å². The van der Waals surface area contributed by atoms with E-state index in [1.165, 1.54) is 29.2 Å². The van der Waals surface area contributed by atoms with Crippen LogP contribution in [0.2, 0.25) is 0 Å². The minimum Gasteiger partial charge on any atom is -0.373 e. The Balaban J connectivity index is 0. The molecule has 0 aromatic carbocycles. The molecule has 0 saturated carbocycles. The molecule has 0 heterocycles. The van der Waals surface area contributed by atoms with E-state index in [0.717, 1.165) is 0 Å². The van der Waals surface area contributed by atoms with Crippen molar-refractivity contribution < 1.29 is 9.59 Å². The maximum atomic E-state index is 10.3. The third-order valence-electron chi connectivity index (χ3n) is 0.824. The monoisotopic (exact) mass is 193 g/mol. The molecule has 0 atom stereocenters. The van der Waals surface area contributed by atoms with Gasteiger partial charge in [-0.05, 0) is 34.7 Å². The zero-order valence-electron chi connectivity index (χ0n) is 6.86. The van der Waals surface area contributed by atoms with E-state index in [9.17, 15) is 9.59 Å². The Bertz CT molecular complexity index is 280. The van der Waals surface area contributed by atoms with Crippen LogP contribution in [0.25, 0.3) is 26.4 Å². The molecule has 0 aliphatic heterocycles. The van der Waals surface area contributed by atoms with Crippen molar-refractivity contribution in [2.75, 3.05) is 0 Å². The zero-order chi connectivity index (χ0) is 11.4. The highest BCUT2D eigenvalue weighted by Gasteiger charge is 1.97. The van der Waals surface area contributed by atoms with Gasteiger partial charge in [0.25, 0.3) is 0 Å². The summed E-state index contributed by atoms with van der Waals surface area (Å²) < 4.78 is 0. The van der Waals surface area contributed by atoms with E-state index in [4.69, 9.17) is 22.1 Å². The van der Waals surface area contributed by atoms with Crippen molar-refractivity contribution in [2.45, 2.75) is 0 Å². The molecule has 1 rings (SSSR count). The van der Waals surface area contributed by atoms with Crippen molar-refractivity contribution in [3.63, 3.8) is 0 Å². The predicted octanol–water partition coefficient (Wildman–Crippen LogP) is 1.99. The maximum absolute atomic E-state index is 10.3. The molecule has 8 nitrogen and oxygen atoms in total. The van der Waals surface area contributed by atoms with Crippen LogP contribution in [0.4, 0.5) is 0 Å². The van der Waals surface area contributed by atoms with Crippen LogP contribution in [-0.4, -0.2) is 11.6 Å². The van der Waals surface area contributed by atoms with Crippen molar-refractivity contribution in [1.29, 1.82) is 5.53 Å². The first kappa shape index (κ1) is 14.0. The summed E-state index contributed by atoms with van der Waals surface area (Å²) in [5.74, 6) is -0.241. The van der Waals surface area contributed by atoms with E-state index in [0.29, 0.717) is 0 Å². The highest BCUT2D eigenvalue weighted by molar-refractivity contribution is 6.14. The second kappa shape index (κ2) is 10.4. The summed E-state index contributed by atoms with van der Waals surface area (Å²) in [6, 6.07) is 0. The minimum atomic E-state index is -0.121. The van der Waals surface area contributed by atoms with E-state index in [1.54, 1.807) is 4.91 Å². The standard InChI is InChI=1S/C6H4O2.HN3.N3/c7-5-1-2-6(8)4-3-5;2*1-3-2/h1-4H;1H;/q;;-1. The van der Waals surface area contributed by atoms with E-state index < -0.39 is 0 Å². The fourth-order valence-electron chi connectivity index (χ4n) is 0.440. The van der Waals surface area contributed by atoms with E-state index in [-0.39, 0.29) is 11.6 Å². The van der Waals surface area contributed by atoms with E-state index in [1.807, 2.05) is 0 Å². The Morgan fingerprint density at radius 3 is 1.21 bits per heavy atom. The van der Waals surface area contributed by atoms with Gasteiger partial charge in [-0.15, -0.1) is 5.53 Å². The molecule has 0 radical (unpaired) electrons. The third kappa shape index (κ3) is 12.1. The van der Waals surface area contributed by atoms with Crippen LogP contribution in [0.1, 0.15) is 0 Å². The lowest BCUT2D eigenvalue weighted by molar-refractivity contribution is -0.113. The quantitative estimate of drug-likeness (QED) is 0.270. The van der Waals surface area contributed by atoms with Gasteiger partial charge < -0.3 is 11.1 Å². The fourth-order valence-corrected chi connectivity index (χ4v) is 0.440. The molecule has 14 heavy (non-hydrogen) atoms. The molecule has 1 N–H and O–H groups in total. The molecule has 0 amide bonds. The molecule has 72 valence electrons. The summed E-state index contributed by atoms with van der Waals surface area (Å²) in [6.45, 7) is 0. The zero-order valence-corrected chi connectivity index (χ0v) is 6.86. The van der Waals surface area contributed by atoms with Gasteiger partial charge in [0, 0.05) is 0 Å². The average Bonchev–Trinajstić information content (AvgIpc) is 2.13. The van der Waals surface area contributed by atoms with Crippen LogP contribution in [0, 0.1) is 5.53 Å². The molecular formula is C6H5N6O2-. The molecule has 0 spiro atoms. The Hall–Kier alpha value is -2.56. The lowest BCUT2D eigenvalue weighted by atomic mass is 10.2.